The maximum Gasteiger partial charge on any atom is 0.265 e. The molecule has 2 aromatic carbocycles. The molecule has 1 N–H and O–H groups in total. The van der Waals surface area contributed by atoms with Gasteiger partial charge in [-0.15, -0.1) is 0 Å². The molecule has 0 spiro atoms. The van der Waals surface area contributed by atoms with Gasteiger partial charge in [-0.25, -0.2) is 12.8 Å². The predicted molar refractivity (Wildman–Crippen MR) is 82.1 cm³/mol. The van der Waals surface area contributed by atoms with Crippen molar-refractivity contribution in [2.75, 3.05) is 11.4 Å². The first-order valence-electron chi connectivity index (χ1n) is 6.00. The van der Waals surface area contributed by atoms with Crippen molar-refractivity contribution in [3.05, 3.63) is 58.3 Å². The molecule has 21 heavy (non-hydrogen) atoms. The molecule has 0 aliphatic heterocycles. The second-order valence-corrected chi connectivity index (χ2v) is 7.17. The first kappa shape index (κ1) is 15.9. The van der Waals surface area contributed by atoms with Gasteiger partial charge in [0.1, 0.15) is 10.7 Å². The number of halogens is 2. The van der Waals surface area contributed by atoms with Crippen LogP contribution >= 0.6 is 15.9 Å². The fourth-order valence-corrected chi connectivity index (χ4v) is 3.96. The van der Waals surface area contributed by atoms with E-state index in [2.05, 4.69) is 15.9 Å². The average molecular weight is 374 g/mol. The molecule has 0 saturated heterocycles. The van der Waals surface area contributed by atoms with Crippen molar-refractivity contribution in [1.29, 1.82) is 0 Å². The van der Waals surface area contributed by atoms with E-state index in [0.29, 0.717) is 10.0 Å². The van der Waals surface area contributed by atoms with Gasteiger partial charge < -0.3 is 5.11 Å². The van der Waals surface area contributed by atoms with Gasteiger partial charge in [0.05, 0.1) is 12.3 Å². The molecular weight excluding hydrogens is 361 g/mol. The maximum atomic E-state index is 13.3. The van der Waals surface area contributed by atoms with Gasteiger partial charge in [0.2, 0.25) is 0 Å². The first-order chi connectivity index (χ1) is 9.86. The fraction of sp³-hybridized carbons (Fsp3) is 0.143. The van der Waals surface area contributed by atoms with Crippen LogP contribution < -0.4 is 4.31 Å². The summed E-state index contributed by atoms with van der Waals surface area (Å²) >= 11 is 3.19. The van der Waals surface area contributed by atoms with Gasteiger partial charge in [-0.3, -0.25) is 4.31 Å². The van der Waals surface area contributed by atoms with Crippen molar-refractivity contribution in [2.45, 2.75) is 11.5 Å². The van der Waals surface area contributed by atoms with Crippen LogP contribution in [0.15, 0.2) is 51.8 Å². The summed E-state index contributed by atoms with van der Waals surface area (Å²) in [5, 5.41) is 9.14. The lowest BCUT2D eigenvalue weighted by Crippen LogP contribution is -2.27. The second-order valence-electron chi connectivity index (χ2n) is 4.38. The topological polar surface area (TPSA) is 57.6 Å². The van der Waals surface area contributed by atoms with Crippen LogP contribution in [-0.2, 0) is 16.6 Å². The number of nitrogens with zero attached hydrogens (tertiary/aromatic N) is 1. The molecule has 4 nitrogen and oxygen atoms in total. The molecule has 0 aromatic heterocycles. The van der Waals surface area contributed by atoms with Crippen LogP contribution in [0.1, 0.15) is 5.56 Å². The van der Waals surface area contributed by atoms with Crippen LogP contribution in [0.25, 0.3) is 0 Å². The molecule has 7 heteroatoms. The first-order valence-corrected chi connectivity index (χ1v) is 8.23. The molecule has 0 aliphatic carbocycles. The zero-order valence-electron chi connectivity index (χ0n) is 11.1. The van der Waals surface area contributed by atoms with Crippen molar-refractivity contribution in [3.8, 4) is 0 Å². The zero-order valence-corrected chi connectivity index (χ0v) is 13.5. The van der Waals surface area contributed by atoms with Gasteiger partial charge in [0.25, 0.3) is 10.0 Å². The Kier molecular flexibility index (Phi) is 4.65. The molecule has 0 saturated carbocycles. The standard InChI is InChI=1S/C14H13BrFNO3S/c1-17(12-4-2-3-11(16)8-12)21(19,20)14-7-10(9-18)5-6-13(14)15/h2-8,18H,9H2,1H3. The lowest BCUT2D eigenvalue weighted by atomic mass is 10.2. The normalized spacial score (nSPS) is 11.4. The monoisotopic (exact) mass is 373 g/mol. The smallest absolute Gasteiger partial charge is 0.265 e. The highest BCUT2D eigenvalue weighted by atomic mass is 79.9. The summed E-state index contributed by atoms with van der Waals surface area (Å²) in [5.41, 5.74) is 0.695. The molecule has 0 bridgehead atoms. The number of rotatable bonds is 4. The number of hydrogen-bond donors (Lipinski definition) is 1. The minimum absolute atomic E-state index is 0.0146. The van der Waals surface area contributed by atoms with E-state index in [4.69, 9.17) is 5.11 Å². The van der Waals surface area contributed by atoms with E-state index in [1.54, 1.807) is 12.1 Å². The Morgan fingerprint density at radius 2 is 1.95 bits per heavy atom. The summed E-state index contributed by atoms with van der Waals surface area (Å²) in [5.74, 6) is -0.516. The number of aliphatic hydroxyl groups is 1. The number of aliphatic hydroxyl groups excluding tert-OH is 1. The third-order valence-electron chi connectivity index (χ3n) is 2.99. The van der Waals surface area contributed by atoms with Gasteiger partial charge in [-0.05, 0) is 51.8 Å². The molecule has 0 fully saturated rings. The van der Waals surface area contributed by atoms with Gasteiger partial charge in [-0.1, -0.05) is 12.1 Å². The molecule has 0 amide bonds. The molecule has 0 aliphatic rings. The largest absolute Gasteiger partial charge is 0.392 e. The van der Waals surface area contributed by atoms with E-state index in [9.17, 15) is 12.8 Å². The van der Waals surface area contributed by atoms with E-state index < -0.39 is 15.8 Å². The summed E-state index contributed by atoms with van der Waals surface area (Å²) in [6, 6.07) is 9.88. The second kappa shape index (κ2) is 6.13. The molecule has 0 radical (unpaired) electrons. The van der Waals surface area contributed by atoms with Gasteiger partial charge >= 0.3 is 0 Å². The van der Waals surface area contributed by atoms with Crippen molar-refractivity contribution >= 4 is 31.6 Å². The van der Waals surface area contributed by atoms with Crippen LogP contribution in [0, 0.1) is 5.82 Å². The van der Waals surface area contributed by atoms with Crippen molar-refractivity contribution in [3.63, 3.8) is 0 Å². The van der Waals surface area contributed by atoms with E-state index in [-0.39, 0.29) is 17.2 Å². The molecule has 2 aromatic rings. The molecule has 112 valence electrons. The summed E-state index contributed by atoms with van der Waals surface area (Å²) in [6.45, 7) is -0.264. The Morgan fingerprint density at radius 3 is 2.57 bits per heavy atom. The average Bonchev–Trinajstić information content (AvgIpc) is 2.46. The van der Waals surface area contributed by atoms with Crippen LogP contribution in [0.5, 0.6) is 0 Å². The van der Waals surface area contributed by atoms with Crippen LogP contribution in [0.3, 0.4) is 0 Å². The summed E-state index contributed by atoms with van der Waals surface area (Å²) < 4.78 is 39.9. The lowest BCUT2D eigenvalue weighted by Gasteiger charge is -2.20. The van der Waals surface area contributed by atoms with Crippen LogP contribution in [-0.4, -0.2) is 20.6 Å². The number of anilines is 1. The van der Waals surface area contributed by atoms with Crippen LogP contribution in [0.2, 0.25) is 0 Å². The summed E-state index contributed by atoms with van der Waals surface area (Å²) in [7, 11) is -2.51. The van der Waals surface area contributed by atoms with E-state index in [1.165, 1.54) is 31.3 Å². The van der Waals surface area contributed by atoms with Crippen molar-refractivity contribution < 1.29 is 17.9 Å². The van der Waals surface area contributed by atoms with Gasteiger partial charge in [0.15, 0.2) is 0 Å². The van der Waals surface area contributed by atoms with E-state index >= 15 is 0 Å². The SMILES string of the molecule is CN(c1cccc(F)c1)S(=O)(=O)c1cc(CO)ccc1Br. The number of hydrogen-bond acceptors (Lipinski definition) is 3. The van der Waals surface area contributed by atoms with E-state index in [0.717, 1.165) is 10.4 Å². The Morgan fingerprint density at radius 1 is 1.24 bits per heavy atom. The number of benzene rings is 2. The van der Waals surface area contributed by atoms with Gasteiger partial charge in [0, 0.05) is 11.5 Å². The Balaban J connectivity index is 2.51. The quantitative estimate of drug-likeness (QED) is 0.896. The van der Waals surface area contributed by atoms with E-state index in [1.807, 2.05) is 0 Å². The van der Waals surface area contributed by atoms with Crippen LogP contribution in [0.4, 0.5) is 10.1 Å². The minimum Gasteiger partial charge on any atom is -0.392 e. The molecule has 0 unspecified atom stereocenters. The van der Waals surface area contributed by atoms with Crippen molar-refractivity contribution in [1.82, 2.24) is 0 Å². The fourth-order valence-electron chi connectivity index (χ4n) is 1.80. The maximum absolute atomic E-state index is 13.3. The Hall–Kier alpha value is -1.44. The Labute approximate surface area is 131 Å². The third kappa shape index (κ3) is 3.25. The third-order valence-corrected chi connectivity index (χ3v) is 5.77. The zero-order chi connectivity index (χ0) is 15.6. The van der Waals surface area contributed by atoms with Crippen molar-refractivity contribution in [2.24, 2.45) is 0 Å². The minimum atomic E-state index is -3.86. The number of sulfonamides is 1. The summed E-state index contributed by atoms with van der Waals surface area (Å²) in [6.07, 6.45) is 0. The molecule has 0 atom stereocenters. The van der Waals surface area contributed by atoms with Gasteiger partial charge in [-0.2, -0.15) is 0 Å². The predicted octanol–water partition coefficient (Wildman–Crippen LogP) is 2.91. The summed E-state index contributed by atoms with van der Waals surface area (Å²) in [4.78, 5) is 0.0146. The molecule has 2 rings (SSSR count). The molecular formula is C14H13BrFNO3S. The highest BCUT2D eigenvalue weighted by Crippen LogP contribution is 2.28. The molecule has 0 heterocycles. The highest BCUT2D eigenvalue weighted by molar-refractivity contribution is 9.10. The highest BCUT2D eigenvalue weighted by Gasteiger charge is 2.24. The Bertz CT molecular complexity index is 765. The lowest BCUT2D eigenvalue weighted by molar-refractivity contribution is 0.281.